The van der Waals surface area contributed by atoms with Gasteiger partial charge in [-0.1, -0.05) is 13.0 Å². The Morgan fingerprint density at radius 3 is 2.85 bits per heavy atom. The molecule has 1 fully saturated rings. The molecular weight excluding hydrogens is 526 g/mol. The first-order valence-corrected chi connectivity index (χ1v) is 14.1. The second kappa shape index (κ2) is 13.3. The fraction of sp³-hybridized carbons (Fsp3) is 0.517. The van der Waals surface area contributed by atoms with Crippen LogP contribution in [-0.4, -0.2) is 89.5 Å². The van der Waals surface area contributed by atoms with Crippen LogP contribution in [0.5, 0.6) is 5.75 Å². The van der Waals surface area contributed by atoms with Gasteiger partial charge in [-0.05, 0) is 43.0 Å². The number of β-amino-alcohol motifs (C(OH)–C–C–N with tert-alkyl or cyclic N) is 1. The number of nitrogens with zero attached hydrogens (tertiary/aromatic N) is 5. The van der Waals surface area contributed by atoms with E-state index in [0.29, 0.717) is 38.1 Å². The van der Waals surface area contributed by atoms with Crippen molar-refractivity contribution in [3.8, 4) is 5.75 Å². The van der Waals surface area contributed by atoms with Crippen molar-refractivity contribution in [2.75, 3.05) is 56.7 Å². The second-order valence-electron chi connectivity index (χ2n) is 10.7. The first-order chi connectivity index (χ1) is 19.9. The smallest absolute Gasteiger partial charge is 0.270 e. The molecular formula is C29H39N7O5. The van der Waals surface area contributed by atoms with Crippen molar-refractivity contribution < 1.29 is 23.8 Å². The van der Waals surface area contributed by atoms with Crippen molar-refractivity contribution in [3.63, 3.8) is 0 Å². The molecule has 1 aromatic carbocycles. The predicted octanol–water partition coefficient (Wildman–Crippen LogP) is 2.16. The number of rotatable bonds is 13. The molecule has 0 saturated carbocycles. The number of fused-ring (bicyclic) bond motifs is 1. The van der Waals surface area contributed by atoms with Gasteiger partial charge in [-0.25, -0.2) is 9.97 Å². The van der Waals surface area contributed by atoms with E-state index in [1.165, 1.54) is 17.5 Å². The number of aliphatic hydroxyl groups excluding tert-OH is 1. The van der Waals surface area contributed by atoms with Gasteiger partial charge in [0.05, 0.1) is 31.1 Å². The van der Waals surface area contributed by atoms with Gasteiger partial charge >= 0.3 is 0 Å². The van der Waals surface area contributed by atoms with Crippen LogP contribution in [-0.2, 0) is 24.3 Å². The molecule has 0 spiro atoms. The van der Waals surface area contributed by atoms with Crippen LogP contribution in [0.2, 0.25) is 0 Å². The van der Waals surface area contributed by atoms with Gasteiger partial charge in [0.25, 0.3) is 5.91 Å². The molecule has 41 heavy (non-hydrogen) atoms. The number of amides is 1. The van der Waals surface area contributed by atoms with E-state index in [0.717, 1.165) is 49.7 Å². The van der Waals surface area contributed by atoms with E-state index in [-0.39, 0.29) is 24.2 Å². The summed E-state index contributed by atoms with van der Waals surface area (Å²) < 4.78 is 16.5. The molecule has 2 aromatic heterocycles. The lowest BCUT2D eigenvalue weighted by molar-refractivity contribution is 0.0209. The highest BCUT2D eigenvalue weighted by molar-refractivity contribution is 5.93. The first kappa shape index (κ1) is 28.8. The normalized spacial score (nSPS) is 16.0. The van der Waals surface area contributed by atoms with E-state index in [1.54, 1.807) is 6.07 Å². The average Bonchev–Trinajstić information content (AvgIpc) is 3.36. The number of oxazole rings is 1. The van der Waals surface area contributed by atoms with Gasteiger partial charge in [-0.3, -0.25) is 9.69 Å². The summed E-state index contributed by atoms with van der Waals surface area (Å²) in [5.41, 5.74) is 3.53. The first-order valence-electron chi connectivity index (χ1n) is 14.1. The molecule has 3 N–H and O–H groups in total. The molecule has 1 saturated heterocycles. The van der Waals surface area contributed by atoms with E-state index in [1.807, 2.05) is 24.9 Å². The number of nitrogens with one attached hydrogen (secondary N) is 2. The lowest BCUT2D eigenvalue weighted by Crippen LogP contribution is -2.42. The van der Waals surface area contributed by atoms with Crippen LogP contribution < -0.4 is 20.3 Å². The van der Waals surface area contributed by atoms with Gasteiger partial charge in [0.2, 0.25) is 5.95 Å². The zero-order valence-electron chi connectivity index (χ0n) is 23.9. The number of hydrogen-bond donors (Lipinski definition) is 3. The number of carbonyl (C=O) groups is 1. The standard InChI is InChI=1S/C29H39N7O5/c1-4-8-35(3)29-33-25(11-27(34-29)32-22-15-39-16-22)28(38)30-12-23(37)14-36-9-7-20-10-24(6-5-21(20)13-36)40-17-26-19(2)31-18-41-26/h5-6,10-11,18,22-23,37H,4,7-9,12-17H2,1-3H3,(H,30,38)(H,32,33,34)/t23-/m0/s1. The summed E-state index contributed by atoms with van der Waals surface area (Å²) in [6, 6.07) is 7.92. The summed E-state index contributed by atoms with van der Waals surface area (Å²) in [6.07, 6.45) is 2.49. The molecule has 0 bridgehead atoms. The molecule has 2 aliphatic rings. The largest absolute Gasteiger partial charge is 0.486 e. The van der Waals surface area contributed by atoms with Gasteiger partial charge in [-0.2, -0.15) is 4.98 Å². The fourth-order valence-electron chi connectivity index (χ4n) is 4.87. The molecule has 0 aliphatic carbocycles. The summed E-state index contributed by atoms with van der Waals surface area (Å²) in [4.78, 5) is 30.3. The summed E-state index contributed by atoms with van der Waals surface area (Å²) in [5.74, 6) is 2.24. The topological polar surface area (TPSA) is 138 Å². The highest BCUT2D eigenvalue weighted by Gasteiger charge is 2.23. The van der Waals surface area contributed by atoms with Crippen molar-refractivity contribution >= 4 is 17.7 Å². The predicted molar refractivity (Wildman–Crippen MR) is 153 cm³/mol. The van der Waals surface area contributed by atoms with Crippen LogP contribution in [0.1, 0.15) is 46.4 Å². The maximum Gasteiger partial charge on any atom is 0.270 e. The van der Waals surface area contributed by atoms with Gasteiger partial charge in [0.1, 0.15) is 23.9 Å². The Kier molecular flexibility index (Phi) is 9.32. The molecule has 3 aromatic rings. The molecule has 12 heteroatoms. The number of hydrogen-bond acceptors (Lipinski definition) is 11. The van der Waals surface area contributed by atoms with Gasteiger partial charge in [0.15, 0.2) is 12.2 Å². The number of aromatic nitrogens is 3. The average molecular weight is 566 g/mol. The summed E-state index contributed by atoms with van der Waals surface area (Å²) in [5, 5.41) is 16.9. The third-order valence-electron chi connectivity index (χ3n) is 7.29. The molecule has 0 unspecified atom stereocenters. The number of anilines is 2. The Hall–Kier alpha value is -3.74. The zero-order chi connectivity index (χ0) is 28.8. The summed E-state index contributed by atoms with van der Waals surface area (Å²) in [6.45, 7) is 8.40. The van der Waals surface area contributed by atoms with E-state index in [2.05, 4.69) is 49.5 Å². The molecule has 1 atom stereocenters. The van der Waals surface area contributed by atoms with Gasteiger partial charge in [0, 0.05) is 45.8 Å². The maximum atomic E-state index is 13.0. The molecule has 0 radical (unpaired) electrons. The van der Waals surface area contributed by atoms with E-state index in [9.17, 15) is 9.90 Å². The van der Waals surface area contributed by atoms with Crippen molar-refractivity contribution in [3.05, 3.63) is 58.9 Å². The highest BCUT2D eigenvalue weighted by atomic mass is 16.5. The summed E-state index contributed by atoms with van der Waals surface area (Å²) in [7, 11) is 1.91. The Morgan fingerprint density at radius 2 is 2.12 bits per heavy atom. The second-order valence-corrected chi connectivity index (χ2v) is 10.7. The zero-order valence-corrected chi connectivity index (χ0v) is 23.9. The number of carbonyl (C=O) groups excluding carboxylic acids is 1. The van der Waals surface area contributed by atoms with E-state index in [4.69, 9.17) is 13.9 Å². The number of benzene rings is 1. The van der Waals surface area contributed by atoms with E-state index >= 15 is 0 Å². The Labute approximate surface area is 240 Å². The molecule has 5 rings (SSSR count). The molecule has 12 nitrogen and oxygen atoms in total. The van der Waals surface area contributed by atoms with Crippen LogP contribution in [0.4, 0.5) is 11.8 Å². The molecule has 1 amide bonds. The summed E-state index contributed by atoms with van der Waals surface area (Å²) >= 11 is 0. The minimum Gasteiger partial charge on any atom is -0.486 e. The third-order valence-corrected chi connectivity index (χ3v) is 7.29. The Balaban J connectivity index is 1.12. The van der Waals surface area contributed by atoms with Crippen LogP contribution in [0.15, 0.2) is 35.1 Å². The van der Waals surface area contributed by atoms with Crippen molar-refractivity contribution in [2.45, 2.75) is 52.0 Å². The van der Waals surface area contributed by atoms with Crippen LogP contribution in [0.3, 0.4) is 0 Å². The number of aliphatic hydroxyl groups is 1. The number of aryl methyl sites for hydroxylation is 1. The SMILES string of the molecule is CCCN(C)c1nc(NC2COC2)cc(C(=O)NC[C@H](O)CN2CCc3cc(OCc4ocnc4C)ccc3C2)n1. The van der Waals surface area contributed by atoms with Crippen LogP contribution >= 0.6 is 0 Å². The fourth-order valence-corrected chi connectivity index (χ4v) is 4.87. The molecule has 2 aliphatic heterocycles. The molecule has 220 valence electrons. The monoisotopic (exact) mass is 565 g/mol. The Morgan fingerprint density at radius 1 is 1.27 bits per heavy atom. The lowest BCUT2D eigenvalue weighted by atomic mass is 9.99. The van der Waals surface area contributed by atoms with E-state index < -0.39 is 6.10 Å². The van der Waals surface area contributed by atoms with Crippen molar-refractivity contribution in [1.29, 1.82) is 0 Å². The minimum atomic E-state index is -0.720. The van der Waals surface area contributed by atoms with Gasteiger partial charge < -0.3 is 34.5 Å². The van der Waals surface area contributed by atoms with Crippen molar-refractivity contribution in [1.82, 2.24) is 25.2 Å². The highest BCUT2D eigenvalue weighted by Crippen LogP contribution is 2.25. The number of ether oxygens (including phenoxy) is 2. The lowest BCUT2D eigenvalue weighted by Gasteiger charge is -2.30. The quantitative estimate of drug-likeness (QED) is 0.281. The Bertz CT molecular complexity index is 1330. The maximum absolute atomic E-state index is 13.0. The minimum absolute atomic E-state index is 0.124. The van der Waals surface area contributed by atoms with Crippen molar-refractivity contribution in [2.24, 2.45) is 0 Å². The molecule has 4 heterocycles. The van der Waals surface area contributed by atoms with Crippen LogP contribution in [0, 0.1) is 6.92 Å². The van der Waals surface area contributed by atoms with Gasteiger partial charge in [-0.15, -0.1) is 0 Å². The van der Waals surface area contributed by atoms with Crippen LogP contribution in [0.25, 0.3) is 0 Å². The third kappa shape index (κ3) is 7.51.